The molecule has 1 aliphatic rings. The van der Waals surface area contributed by atoms with Crippen LogP contribution >= 0.6 is 23.1 Å². The Morgan fingerprint density at radius 3 is 3.00 bits per heavy atom. The third-order valence-corrected chi connectivity index (χ3v) is 5.46. The van der Waals surface area contributed by atoms with Crippen LogP contribution in [-0.4, -0.2) is 27.9 Å². The number of thiazole rings is 1. The van der Waals surface area contributed by atoms with Crippen LogP contribution in [0.4, 0.5) is 0 Å². The van der Waals surface area contributed by atoms with Crippen LogP contribution in [0, 0.1) is 13.8 Å². The van der Waals surface area contributed by atoms with E-state index in [0.717, 1.165) is 36.1 Å². The molecular formula is C14H18N2OS2. The lowest BCUT2D eigenvalue weighted by atomic mass is 10.2. The second-order valence-corrected chi connectivity index (χ2v) is 6.96. The lowest BCUT2D eigenvalue weighted by molar-refractivity contribution is 0.188. The molecule has 0 aliphatic carbocycles. The number of aromatic nitrogens is 1. The van der Waals surface area contributed by atoms with E-state index in [0.29, 0.717) is 6.04 Å². The van der Waals surface area contributed by atoms with E-state index in [4.69, 9.17) is 4.42 Å². The lowest BCUT2D eigenvalue weighted by Crippen LogP contribution is -2.35. The molecule has 0 aromatic carbocycles. The van der Waals surface area contributed by atoms with E-state index < -0.39 is 0 Å². The molecule has 3 rings (SSSR count). The van der Waals surface area contributed by atoms with Crippen molar-refractivity contribution < 1.29 is 4.42 Å². The standard InChI is InChI=1S/C14H18N2OS2/c1-10-3-4-13(17-10)12-8-18-6-5-16(12)7-14-11(2)15-9-19-14/h3-4,9,12H,5-8H2,1-2H3. The molecule has 0 bridgehead atoms. The van der Waals surface area contributed by atoms with Crippen molar-refractivity contribution in [2.75, 3.05) is 18.1 Å². The predicted molar refractivity (Wildman–Crippen MR) is 80.8 cm³/mol. The topological polar surface area (TPSA) is 29.3 Å². The summed E-state index contributed by atoms with van der Waals surface area (Å²) in [6.45, 7) is 6.21. The zero-order chi connectivity index (χ0) is 13.2. The molecule has 0 amide bonds. The molecule has 1 atom stereocenters. The predicted octanol–water partition coefficient (Wildman–Crippen LogP) is 3.64. The van der Waals surface area contributed by atoms with Crippen molar-refractivity contribution in [3.8, 4) is 0 Å². The molecule has 0 N–H and O–H groups in total. The van der Waals surface area contributed by atoms with Gasteiger partial charge in [0.1, 0.15) is 11.5 Å². The third-order valence-electron chi connectivity index (χ3n) is 3.52. The van der Waals surface area contributed by atoms with Gasteiger partial charge in [-0.05, 0) is 26.0 Å². The largest absolute Gasteiger partial charge is 0.465 e. The van der Waals surface area contributed by atoms with Crippen molar-refractivity contribution in [3.63, 3.8) is 0 Å². The molecule has 2 aromatic heterocycles. The first-order valence-corrected chi connectivity index (χ1v) is 8.54. The highest BCUT2D eigenvalue weighted by Crippen LogP contribution is 2.32. The Morgan fingerprint density at radius 1 is 1.42 bits per heavy atom. The first-order chi connectivity index (χ1) is 9.24. The van der Waals surface area contributed by atoms with E-state index >= 15 is 0 Å². The van der Waals surface area contributed by atoms with E-state index in [1.807, 2.05) is 24.2 Å². The van der Waals surface area contributed by atoms with Gasteiger partial charge in [-0.3, -0.25) is 4.90 Å². The lowest BCUT2D eigenvalue weighted by Gasteiger charge is -2.33. The average molecular weight is 294 g/mol. The average Bonchev–Trinajstić information content (AvgIpc) is 3.00. The van der Waals surface area contributed by atoms with Gasteiger partial charge < -0.3 is 4.42 Å². The minimum absolute atomic E-state index is 0.397. The molecule has 0 radical (unpaired) electrons. The molecule has 0 saturated carbocycles. The maximum absolute atomic E-state index is 5.84. The van der Waals surface area contributed by atoms with Gasteiger partial charge in [0.15, 0.2) is 0 Å². The number of furan rings is 1. The van der Waals surface area contributed by atoms with Gasteiger partial charge in [-0.25, -0.2) is 4.98 Å². The van der Waals surface area contributed by atoms with Crippen molar-refractivity contribution in [3.05, 3.63) is 39.7 Å². The molecule has 2 aromatic rings. The van der Waals surface area contributed by atoms with Crippen LogP contribution in [0.3, 0.4) is 0 Å². The molecule has 3 nitrogen and oxygen atoms in total. The van der Waals surface area contributed by atoms with Gasteiger partial charge in [-0.2, -0.15) is 11.8 Å². The first kappa shape index (κ1) is 13.2. The summed E-state index contributed by atoms with van der Waals surface area (Å²) in [5.74, 6) is 4.42. The number of hydrogen-bond donors (Lipinski definition) is 0. The van der Waals surface area contributed by atoms with Gasteiger partial charge in [0, 0.05) is 29.5 Å². The highest BCUT2D eigenvalue weighted by molar-refractivity contribution is 7.99. The Kier molecular flexibility index (Phi) is 3.96. The second-order valence-electron chi connectivity index (χ2n) is 4.87. The molecule has 0 spiro atoms. The molecule has 3 heterocycles. The van der Waals surface area contributed by atoms with Gasteiger partial charge >= 0.3 is 0 Å². The Morgan fingerprint density at radius 2 is 2.32 bits per heavy atom. The Balaban J connectivity index is 1.79. The van der Waals surface area contributed by atoms with E-state index in [2.05, 4.69) is 28.9 Å². The van der Waals surface area contributed by atoms with Crippen LogP contribution in [0.2, 0.25) is 0 Å². The van der Waals surface area contributed by atoms with Crippen LogP contribution in [0.1, 0.15) is 28.1 Å². The van der Waals surface area contributed by atoms with Crippen LogP contribution < -0.4 is 0 Å². The number of hydrogen-bond acceptors (Lipinski definition) is 5. The van der Waals surface area contributed by atoms with E-state index in [-0.39, 0.29) is 0 Å². The van der Waals surface area contributed by atoms with Crippen molar-refractivity contribution in [2.45, 2.75) is 26.4 Å². The number of nitrogens with zero attached hydrogens (tertiary/aromatic N) is 2. The molecule has 19 heavy (non-hydrogen) atoms. The van der Waals surface area contributed by atoms with E-state index in [1.165, 1.54) is 10.6 Å². The molecular weight excluding hydrogens is 276 g/mol. The smallest absolute Gasteiger partial charge is 0.122 e. The summed E-state index contributed by atoms with van der Waals surface area (Å²) in [4.78, 5) is 8.25. The Bertz CT molecular complexity index is 549. The van der Waals surface area contributed by atoms with Gasteiger partial charge in [-0.1, -0.05) is 0 Å². The van der Waals surface area contributed by atoms with Gasteiger partial charge in [0.25, 0.3) is 0 Å². The fraction of sp³-hybridized carbons (Fsp3) is 0.500. The van der Waals surface area contributed by atoms with Crippen molar-refractivity contribution >= 4 is 23.1 Å². The maximum Gasteiger partial charge on any atom is 0.122 e. The summed E-state index contributed by atoms with van der Waals surface area (Å²) < 4.78 is 5.84. The summed E-state index contributed by atoms with van der Waals surface area (Å²) in [5.41, 5.74) is 3.10. The number of rotatable bonds is 3. The number of aryl methyl sites for hydroxylation is 2. The van der Waals surface area contributed by atoms with Crippen LogP contribution in [0.5, 0.6) is 0 Å². The zero-order valence-electron chi connectivity index (χ0n) is 11.3. The first-order valence-electron chi connectivity index (χ1n) is 6.51. The molecule has 5 heteroatoms. The molecule has 1 unspecified atom stereocenters. The third kappa shape index (κ3) is 2.88. The molecule has 1 aliphatic heterocycles. The minimum atomic E-state index is 0.397. The molecule has 1 fully saturated rings. The van der Waals surface area contributed by atoms with Crippen molar-refractivity contribution in [2.24, 2.45) is 0 Å². The summed E-state index contributed by atoms with van der Waals surface area (Å²) >= 11 is 3.77. The zero-order valence-corrected chi connectivity index (χ0v) is 12.9. The van der Waals surface area contributed by atoms with Gasteiger partial charge in [0.2, 0.25) is 0 Å². The SMILES string of the molecule is Cc1ccc(C2CSCCN2Cc2scnc2C)o1. The maximum atomic E-state index is 5.84. The summed E-state index contributed by atoms with van der Waals surface area (Å²) in [6, 6.07) is 4.58. The van der Waals surface area contributed by atoms with Gasteiger partial charge in [0.05, 0.1) is 17.2 Å². The van der Waals surface area contributed by atoms with Crippen molar-refractivity contribution in [1.29, 1.82) is 0 Å². The number of thioether (sulfide) groups is 1. The van der Waals surface area contributed by atoms with E-state index in [1.54, 1.807) is 11.3 Å². The minimum Gasteiger partial charge on any atom is -0.465 e. The quantitative estimate of drug-likeness (QED) is 0.864. The fourth-order valence-corrected chi connectivity index (χ4v) is 4.31. The van der Waals surface area contributed by atoms with E-state index in [9.17, 15) is 0 Å². The highest BCUT2D eigenvalue weighted by atomic mass is 32.2. The highest BCUT2D eigenvalue weighted by Gasteiger charge is 2.27. The van der Waals surface area contributed by atoms with Crippen LogP contribution in [-0.2, 0) is 6.54 Å². The van der Waals surface area contributed by atoms with Crippen molar-refractivity contribution in [1.82, 2.24) is 9.88 Å². The summed E-state index contributed by atoms with van der Waals surface area (Å²) in [5, 5.41) is 0. The summed E-state index contributed by atoms with van der Waals surface area (Å²) in [6.07, 6.45) is 0. The van der Waals surface area contributed by atoms with Gasteiger partial charge in [-0.15, -0.1) is 11.3 Å². The molecule has 102 valence electrons. The molecule has 1 saturated heterocycles. The second kappa shape index (κ2) is 5.69. The van der Waals surface area contributed by atoms with Crippen LogP contribution in [0.15, 0.2) is 22.1 Å². The monoisotopic (exact) mass is 294 g/mol. The Labute approximate surface area is 122 Å². The normalized spacial score (nSPS) is 20.8. The van der Waals surface area contributed by atoms with Crippen LogP contribution in [0.25, 0.3) is 0 Å². The summed E-state index contributed by atoms with van der Waals surface area (Å²) in [7, 11) is 0. The Hall–Kier alpha value is -0.780. The fourth-order valence-electron chi connectivity index (χ4n) is 2.38.